The highest BCUT2D eigenvalue weighted by Gasteiger charge is 2.30. The van der Waals surface area contributed by atoms with Crippen LogP contribution in [0, 0.1) is 0 Å². The number of hydrogen-bond donors (Lipinski definition) is 2. The molecule has 3 heterocycles. The van der Waals surface area contributed by atoms with Crippen LogP contribution in [0.4, 0.5) is 11.4 Å². The third-order valence-electron chi connectivity index (χ3n) is 6.94. The molecule has 2 N–H and O–H groups in total. The predicted molar refractivity (Wildman–Crippen MR) is 165 cm³/mol. The van der Waals surface area contributed by atoms with Crippen LogP contribution in [-0.4, -0.2) is 20.1 Å². The number of hydrogen-bond acceptors (Lipinski definition) is 3. The minimum absolute atomic E-state index is 0.307. The molecule has 0 unspecified atom stereocenters. The van der Waals surface area contributed by atoms with Crippen molar-refractivity contribution < 1.29 is 4.79 Å². The van der Waals surface area contributed by atoms with Gasteiger partial charge >= 0.3 is 0 Å². The van der Waals surface area contributed by atoms with Gasteiger partial charge in [-0.25, -0.2) is 4.52 Å². The molecule has 3 aromatic carbocycles. The smallest absolute Gasteiger partial charge is 0.275 e. The standard InChI is InChI=1S/C29H22Cl5N5O/c30-17-4-3-5-19(13-17)36-28(40)27-26(16-7-9-21(31)23(33)12-16)20-6-1-2-11-38-25(37-39(27)29(20)38)15-35-18-8-10-22(32)24(34)14-18/h3-5,7-10,12-14,35H,1-2,6,11,15H2,(H,36,40). The largest absolute Gasteiger partial charge is 0.378 e. The molecule has 0 bridgehead atoms. The SMILES string of the molecule is O=C(Nc1cccc(Cl)c1)c1c(-c2ccc(Cl)c(Cl)c2)c2c3n(c(CNc4ccc(Cl)c(Cl)c4)nn13)CCCC2. The summed E-state index contributed by atoms with van der Waals surface area (Å²) in [7, 11) is 0. The van der Waals surface area contributed by atoms with Crippen LogP contribution < -0.4 is 10.6 Å². The van der Waals surface area contributed by atoms with Gasteiger partial charge in [0.05, 0.1) is 26.6 Å². The Morgan fingerprint density at radius 3 is 2.38 bits per heavy atom. The van der Waals surface area contributed by atoms with Gasteiger partial charge in [-0.05, 0) is 73.4 Å². The molecule has 0 saturated carbocycles. The van der Waals surface area contributed by atoms with Crippen molar-refractivity contribution in [1.82, 2.24) is 14.2 Å². The number of carbonyl (C=O) groups excluding carboxylic acids is 1. The van der Waals surface area contributed by atoms with Crippen molar-refractivity contribution in [1.29, 1.82) is 0 Å². The highest BCUT2D eigenvalue weighted by atomic mass is 35.5. The maximum atomic E-state index is 14.0. The highest BCUT2D eigenvalue weighted by molar-refractivity contribution is 6.42. The fourth-order valence-electron chi connectivity index (χ4n) is 5.15. The summed E-state index contributed by atoms with van der Waals surface area (Å²) in [4.78, 5) is 14.0. The second-order valence-corrected chi connectivity index (χ2v) is 11.6. The van der Waals surface area contributed by atoms with Crippen molar-refractivity contribution in [2.75, 3.05) is 10.6 Å². The molecular formula is C29H22Cl5N5O. The topological polar surface area (TPSA) is 63.4 Å². The Morgan fingerprint density at radius 2 is 1.62 bits per heavy atom. The zero-order valence-electron chi connectivity index (χ0n) is 20.9. The Kier molecular flexibility index (Phi) is 7.64. The Hall–Kier alpha value is -2.87. The quantitative estimate of drug-likeness (QED) is 0.196. The van der Waals surface area contributed by atoms with Crippen molar-refractivity contribution in [3.8, 4) is 11.1 Å². The molecular weight excluding hydrogens is 612 g/mol. The number of halogens is 5. The molecule has 0 radical (unpaired) electrons. The van der Waals surface area contributed by atoms with Crippen LogP contribution in [0.2, 0.25) is 25.1 Å². The van der Waals surface area contributed by atoms with Crippen molar-refractivity contribution in [2.45, 2.75) is 32.4 Å². The van der Waals surface area contributed by atoms with E-state index in [0.29, 0.717) is 43.0 Å². The Labute approximate surface area is 255 Å². The number of benzene rings is 3. The first-order valence-corrected chi connectivity index (χ1v) is 14.5. The van der Waals surface area contributed by atoms with Gasteiger partial charge < -0.3 is 15.2 Å². The number of aryl methyl sites for hydroxylation is 2. The summed E-state index contributed by atoms with van der Waals surface area (Å²) in [6.45, 7) is 1.20. The van der Waals surface area contributed by atoms with E-state index in [9.17, 15) is 4.79 Å². The lowest BCUT2D eigenvalue weighted by Gasteiger charge is -2.11. The molecule has 1 amide bonds. The second kappa shape index (κ2) is 11.2. The van der Waals surface area contributed by atoms with Gasteiger partial charge in [0.25, 0.3) is 5.91 Å². The zero-order valence-corrected chi connectivity index (χ0v) is 24.7. The summed E-state index contributed by atoms with van der Waals surface area (Å²) in [5.74, 6) is 0.487. The molecule has 204 valence electrons. The molecule has 11 heteroatoms. The van der Waals surface area contributed by atoms with Crippen LogP contribution in [0.15, 0.2) is 60.7 Å². The lowest BCUT2D eigenvalue weighted by Crippen LogP contribution is -2.16. The van der Waals surface area contributed by atoms with E-state index >= 15 is 0 Å². The Morgan fingerprint density at radius 1 is 0.850 bits per heavy atom. The van der Waals surface area contributed by atoms with Crippen LogP contribution in [0.3, 0.4) is 0 Å². The van der Waals surface area contributed by atoms with Gasteiger partial charge in [-0.2, -0.15) is 5.10 Å². The average Bonchev–Trinajstić information content (AvgIpc) is 3.32. The van der Waals surface area contributed by atoms with E-state index in [0.717, 1.165) is 59.7 Å². The third kappa shape index (κ3) is 5.15. The molecule has 0 fully saturated rings. The maximum absolute atomic E-state index is 14.0. The van der Waals surface area contributed by atoms with Gasteiger partial charge in [0.1, 0.15) is 11.3 Å². The minimum Gasteiger partial charge on any atom is -0.378 e. The van der Waals surface area contributed by atoms with E-state index < -0.39 is 0 Å². The van der Waals surface area contributed by atoms with E-state index in [4.69, 9.17) is 63.1 Å². The maximum Gasteiger partial charge on any atom is 0.275 e. The molecule has 0 spiro atoms. The molecule has 0 aliphatic carbocycles. The van der Waals surface area contributed by atoms with E-state index in [-0.39, 0.29) is 5.91 Å². The number of carbonyl (C=O) groups is 1. The second-order valence-electron chi connectivity index (χ2n) is 9.54. The summed E-state index contributed by atoms with van der Waals surface area (Å²) in [5.41, 5.74) is 5.34. The van der Waals surface area contributed by atoms with Gasteiger partial charge in [-0.15, -0.1) is 0 Å². The predicted octanol–water partition coefficient (Wildman–Crippen LogP) is 9.27. The summed E-state index contributed by atoms with van der Waals surface area (Å²) < 4.78 is 3.94. The molecule has 2 aromatic heterocycles. The van der Waals surface area contributed by atoms with Gasteiger partial charge in [0.2, 0.25) is 0 Å². The van der Waals surface area contributed by atoms with Crippen LogP contribution in [0.5, 0.6) is 0 Å². The fourth-order valence-corrected chi connectivity index (χ4v) is 5.94. The van der Waals surface area contributed by atoms with Crippen LogP contribution >= 0.6 is 58.0 Å². The summed E-state index contributed by atoms with van der Waals surface area (Å²) >= 11 is 31.2. The van der Waals surface area contributed by atoms with Crippen molar-refractivity contribution in [3.05, 3.63) is 103 Å². The first-order valence-electron chi connectivity index (χ1n) is 12.6. The monoisotopic (exact) mass is 631 g/mol. The number of rotatable bonds is 6. The normalized spacial score (nSPS) is 12.9. The number of nitrogens with zero attached hydrogens (tertiary/aromatic N) is 3. The fraction of sp³-hybridized carbons (Fsp3) is 0.172. The molecule has 0 atom stereocenters. The minimum atomic E-state index is -0.307. The van der Waals surface area contributed by atoms with Gasteiger partial charge in [0, 0.05) is 34.1 Å². The summed E-state index contributed by atoms with van der Waals surface area (Å²) in [5, 5.41) is 13.7. The first kappa shape index (κ1) is 27.3. The van der Waals surface area contributed by atoms with Crippen molar-refractivity contribution >= 4 is 80.9 Å². The molecule has 6 nitrogen and oxygen atoms in total. The zero-order chi connectivity index (χ0) is 28.0. The number of amides is 1. The number of anilines is 2. The van der Waals surface area contributed by atoms with Crippen molar-refractivity contribution in [2.24, 2.45) is 0 Å². The Bertz CT molecular complexity index is 1780. The van der Waals surface area contributed by atoms with E-state index in [1.54, 1.807) is 53.0 Å². The van der Waals surface area contributed by atoms with Gasteiger partial charge in [0.15, 0.2) is 5.82 Å². The number of nitrogens with one attached hydrogen (secondary N) is 2. The number of aromatic nitrogens is 3. The van der Waals surface area contributed by atoms with Crippen LogP contribution in [-0.2, 0) is 19.5 Å². The van der Waals surface area contributed by atoms with Gasteiger partial charge in [-0.3, -0.25) is 4.79 Å². The molecule has 5 aromatic rings. The third-order valence-corrected chi connectivity index (χ3v) is 8.65. The molecule has 1 aliphatic rings. The summed E-state index contributed by atoms with van der Waals surface area (Å²) in [6.07, 6.45) is 2.73. The van der Waals surface area contributed by atoms with E-state index in [2.05, 4.69) is 15.2 Å². The van der Waals surface area contributed by atoms with Crippen LogP contribution in [0.1, 0.15) is 34.7 Å². The molecule has 1 aliphatic heterocycles. The average molecular weight is 634 g/mol. The molecule has 0 saturated heterocycles. The molecule has 6 rings (SSSR count). The first-order chi connectivity index (χ1) is 19.3. The summed E-state index contributed by atoms with van der Waals surface area (Å²) in [6, 6.07) is 17.9. The van der Waals surface area contributed by atoms with Gasteiger partial charge in [-0.1, -0.05) is 70.1 Å². The lowest BCUT2D eigenvalue weighted by atomic mass is 9.98. The molecule has 40 heavy (non-hydrogen) atoms. The van der Waals surface area contributed by atoms with E-state index in [1.807, 2.05) is 12.1 Å². The highest BCUT2D eigenvalue weighted by Crippen LogP contribution is 2.39. The Balaban J connectivity index is 1.50. The van der Waals surface area contributed by atoms with E-state index in [1.165, 1.54) is 0 Å². The van der Waals surface area contributed by atoms with Crippen molar-refractivity contribution in [3.63, 3.8) is 0 Å². The lowest BCUT2D eigenvalue weighted by molar-refractivity contribution is 0.102. The van der Waals surface area contributed by atoms with Crippen LogP contribution in [0.25, 0.3) is 16.8 Å².